The number of H-pyrrole nitrogens is 1. The van der Waals surface area contributed by atoms with Gasteiger partial charge >= 0.3 is 5.97 Å². The van der Waals surface area contributed by atoms with Gasteiger partial charge in [-0.05, 0) is 6.07 Å². The number of carbonyl (C=O) groups excluding carboxylic acids is 1. The standard InChI is InChI=1S/C8H11N3O3/c12-7(1-2-8(13)14)9-5-6-3-4-10-11-6/h3-4H,1-2,5H2,(H,9,12)(H,10,11)(H,13,14). The van der Waals surface area contributed by atoms with Crippen LogP contribution in [0.2, 0.25) is 0 Å². The molecule has 1 aromatic rings. The Morgan fingerprint density at radius 1 is 1.50 bits per heavy atom. The molecule has 0 saturated heterocycles. The molecule has 6 heteroatoms. The minimum absolute atomic E-state index is 0.00344. The lowest BCUT2D eigenvalue weighted by atomic mass is 10.3. The highest BCUT2D eigenvalue weighted by Gasteiger charge is 2.04. The summed E-state index contributed by atoms with van der Waals surface area (Å²) in [6.45, 7) is 0.346. The maximum atomic E-state index is 11.0. The van der Waals surface area contributed by atoms with Crippen LogP contribution in [0.25, 0.3) is 0 Å². The molecule has 1 aromatic heterocycles. The van der Waals surface area contributed by atoms with E-state index in [0.717, 1.165) is 5.69 Å². The molecule has 0 aromatic carbocycles. The van der Waals surface area contributed by atoms with Gasteiger partial charge in [-0.3, -0.25) is 14.7 Å². The summed E-state index contributed by atoms with van der Waals surface area (Å²) in [5, 5.41) is 17.3. The predicted molar refractivity (Wildman–Crippen MR) is 47.3 cm³/mol. The molecule has 0 fully saturated rings. The zero-order valence-corrected chi connectivity index (χ0v) is 7.49. The first kappa shape index (κ1) is 10.2. The molecule has 0 aliphatic heterocycles. The van der Waals surface area contributed by atoms with E-state index in [1.165, 1.54) is 0 Å². The minimum atomic E-state index is -0.971. The van der Waals surface area contributed by atoms with Gasteiger partial charge in [-0.1, -0.05) is 0 Å². The van der Waals surface area contributed by atoms with Gasteiger partial charge in [0.05, 0.1) is 18.7 Å². The van der Waals surface area contributed by atoms with E-state index < -0.39 is 5.97 Å². The second-order valence-electron chi connectivity index (χ2n) is 2.75. The molecule has 0 spiro atoms. The van der Waals surface area contributed by atoms with Crippen molar-refractivity contribution < 1.29 is 14.7 Å². The van der Waals surface area contributed by atoms with E-state index in [4.69, 9.17) is 5.11 Å². The van der Waals surface area contributed by atoms with Crippen LogP contribution in [-0.2, 0) is 16.1 Å². The average Bonchev–Trinajstić information content (AvgIpc) is 2.63. The number of nitrogens with zero attached hydrogens (tertiary/aromatic N) is 1. The van der Waals surface area contributed by atoms with Crippen molar-refractivity contribution in [2.75, 3.05) is 0 Å². The number of rotatable bonds is 5. The Bertz CT molecular complexity index is 308. The van der Waals surface area contributed by atoms with Crippen molar-refractivity contribution in [3.8, 4) is 0 Å². The molecule has 0 aliphatic rings. The molecule has 6 nitrogen and oxygen atoms in total. The fourth-order valence-electron chi connectivity index (χ4n) is 0.886. The van der Waals surface area contributed by atoms with Crippen LogP contribution in [0.3, 0.4) is 0 Å². The Balaban J connectivity index is 2.18. The maximum absolute atomic E-state index is 11.0. The molecule has 1 rings (SSSR count). The summed E-state index contributed by atoms with van der Waals surface area (Å²) in [5.74, 6) is -1.25. The van der Waals surface area contributed by atoms with Gasteiger partial charge in [0, 0.05) is 12.6 Å². The van der Waals surface area contributed by atoms with Crippen molar-refractivity contribution in [1.29, 1.82) is 0 Å². The number of aliphatic carboxylic acids is 1. The van der Waals surface area contributed by atoms with E-state index in [2.05, 4.69) is 15.5 Å². The molecule has 0 atom stereocenters. The first-order valence-corrected chi connectivity index (χ1v) is 4.15. The van der Waals surface area contributed by atoms with Crippen molar-refractivity contribution in [2.45, 2.75) is 19.4 Å². The van der Waals surface area contributed by atoms with Crippen LogP contribution in [0.1, 0.15) is 18.5 Å². The molecule has 1 amide bonds. The Labute approximate surface area is 80.3 Å². The number of carboxylic acids is 1. The average molecular weight is 197 g/mol. The van der Waals surface area contributed by atoms with Gasteiger partial charge < -0.3 is 10.4 Å². The monoisotopic (exact) mass is 197 g/mol. The van der Waals surface area contributed by atoms with Gasteiger partial charge in [0.25, 0.3) is 0 Å². The number of carbonyl (C=O) groups is 2. The molecule has 0 bridgehead atoms. The molecule has 3 N–H and O–H groups in total. The number of aromatic nitrogens is 2. The lowest BCUT2D eigenvalue weighted by Crippen LogP contribution is -2.23. The highest BCUT2D eigenvalue weighted by Crippen LogP contribution is 1.92. The predicted octanol–water partition coefficient (Wildman–Crippen LogP) is -0.109. The second kappa shape index (κ2) is 5.00. The van der Waals surface area contributed by atoms with Crippen molar-refractivity contribution >= 4 is 11.9 Å². The molecular weight excluding hydrogens is 186 g/mol. The van der Waals surface area contributed by atoms with Crippen LogP contribution >= 0.6 is 0 Å². The fraction of sp³-hybridized carbons (Fsp3) is 0.375. The van der Waals surface area contributed by atoms with Gasteiger partial charge in [0.2, 0.25) is 5.91 Å². The zero-order valence-electron chi connectivity index (χ0n) is 7.49. The van der Waals surface area contributed by atoms with Gasteiger partial charge in [0.15, 0.2) is 0 Å². The summed E-state index contributed by atoms with van der Waals surface area (Å²) in [6.07, 6.45) is 1.44. The van der Waals surface area contributed by atoms with Crippen LogP contribution in [0.4, 0.5) is 0 Å². The summed E-state index contributed by atoms with van der Waals surface area (Å²) < 4.78 is 0. The van der Waals surface area contributed by atoms with Crippen LogP contribution in [0, 0.1) is 0 Å². The fourth-order valence-corrected chi connectivity index (χ4v) is 0.886. The second-order valence-corrected chi connectivity index (χ2v) is 2.75. The third kappa shape index (κ3) is 3.70. The van der Waals surface area contributed by atoms with Crippen molar-refractivity contribution in [1.82, 2.24) is 15.5 Å². The maximum Gasteiger partial charge on any atom is 0.303 e. The SMILES string of the molecule is O=C(O)CCC(=O)NCc1ccn[nH]1. The van der Waals surface area contributed by atoms with Gasteiger partial charge in [-0.25, -0.2) is 0 Å². The smallest absolute Gasteiger partial charge is 0.303 e. The van der Waals surface area contributed by atoms with Crippen LogP contribution in [-0.4, -0.2) is 27.2 Å². The number of nitrogens with one attached hydrogen (secondary N) is 2. The highest BCUT2D eigenvalue weighted by atomic mass is 16.4. The van der Waals surface area contributed by atoms with Crippen LogP contribution in [0.15, 0.2) is 12.3 Å². The number of carboxylic acid groups (broad SMARTS) is 1. The molecule has 0 unspecified atom stereocenters. The lowest BCUT2D eigenvalue weighted by molar-refractivity contribution is -0.138. The van der Waals surface area contributed by atoms with E-state index in [9.17, 15) is 9.59 Å². The number of hydrogen-bond acceptors (Lipinski definition) is 3. The number of aromatic amines is 1. The summed E-state index contributed by atoms with van der Waals surface area (Å²) in [7, 11) is 0. The molecule has 1 heterocycles. The highest BCUT2D eigenvalue weighted by molar-refractivity contribution is 5.80. The molecule has 0 aliphatic carbocycles. The van der Waals surface area contributed by atoms with E-state index in [-0.39, 0.29) is 18.7 Å². The largest absolute Gasteiger partial charge is 0.481 e. The lowest BCUT2D eigenvalue weighted by Gasteiger charge is -2.01. The summed E-state index contributed by atoms with van der Waals surface area (Å²) in [4.78, 5) is 21.2. The molecule has 76 valence electrons. The van der Waals surface area contributed by atoms with Crippen molar-refractivity contribution in [3.63, 3.8) is 0 Å². The van der Waals surface area contributed by atoms with E-state index >= 15 is 0 Å². The third-order valence-corrected chi connectivity index (χ3v) is 1.60. The Morgan fingerprint density at radius 3 is 2.86 bits per heavy atom. The normalized spacial score (nSPS) is 9.71. The number of amides is 1. The van der Waals surface area contributed by atoms with Gasteiger partial charge in [0.1, 0.15) is 0 Å². The minimum Gasteiger partial charge on any atom is -0.481 e. The number of hydrogen-bond donors (Lipinski definition) is 3. The van der Waals surface area contributed by atoms with Crippen LogP contribution < -0.4 is 5.32 Å². The van der Waals surface area contributed by atoms with E-state index in [1.807, 2.05) is 0 Å². The quantitative estimate of drug-likeness (QED) is 0.613. The first-order valence-electron chi connectivity index (χ1n) is 4.15. The summed E-state index contributed by atoms with van der Waals surface area (Å²) in [6, 6.07) is 1.73. The van der Waals surface area contributed by atoms with Gasteiger partial charge in [-0.15, -0.1) is 0 Å². The van der Waals surface area contributed by atoms with Crippen molar-refractivity contribution in [2.24, 2.45) is 0 Å². The van der Waals surface area contributed by atoms with Crippen molar-refractivity contribution in [3.05, 3.63) is 18.0 Å². The molecule has 14 heavy (non-hydrogen) atoms. The van der Waals surface area contributed by atoms with E-state index in [0.29, 0.717) is 6.54 Å². The molecule has 0 saturated carbocycles. The van der Waals surface area contributed by atoms with Gasteiger partial charge in [-0.2, -0.15) is 5.10 Å². The summed E-state index contributed by atoms with van der Waals surface area (Å²) in [5.41, 5.74) is 0.786. The Morgan fingerprint density at radius 2 is 2.29 bits per heavy atom. The van der Waals surface area contributed by atoms with E-state index in [1.54, 1.807) is 12.3 Å². The van der Waals surface area contributed by atoms with Crippen LogP contribution in [0.5, 0.6) is 0 Å². The molecular formula is C8H11N3O3. The Hall–Kier alpha value is -1.85. The summed E-state index contributed by atoms with van der Waals surface area (Å²) >= 11 is 0. The third-order valence-electron chi connectivity index (χ3n) is 1.60. The molecule has 0 radical (unpaired) electrons. The Kier molecular flexibility index (Phi) is 3.66. The zero-order chi connectivity index (χ0) is 10.4. The first-order chi connectivity index (χ1) is 6.68. The topological polar surface area (TPSA) is 95.1 Å².